The van der Waals surface area contributed by atoms with E-state index in [9.17, 15) is 9.18 Å². The van der Waals surface area contributed by atoms with E-state index in [0.29, 0.717) is 5.69 Å². The van der Waals surface area contributed by atoms with Gasteiger partial charge in [-0.2, -0.15) is 0 Å². The highest BCUT2D eigenvalue weighted by molar-refractivity contribution is 6.04. The molecule has 0 aliphatic carbocycles. The molecule has 5 nitrogen and oxygen atoms in total. The van der Waals surface area contributed by atoms with Crippen LogP contribution in [0.5, 0.6) is 0 Å². The Kier molecular flexibility index (Phi) is 6.35. The molecule has 0 atom stereocenters. The molecule has 1 amide bonds. The highest BCUT2D eigenvalue weighted by Gasteiger charge is 2.17. The van der Waals surface area contributed by atoms with Crippen molar-refractivity contribution in [2.45, 2.75) is 13.0 Å². The van der Waals surface area contributed by atoms with Crippen LogP contribution >= 0.6 is 0 Å². The van der Waals surface area contributed by atoms with Crippen LogP contribution in [0.15, 0.2) is 72.9 Å². The average molecular weight is 404 g/mol. The monoisotopic (exact) mass is 404 g/mol. The fourth-order valence-electron chi connectivity index (χ4n) is 3.69. The van der Waals surface area contributed by atoms with E-state index < -0.39 is 11.7 Å². The Hall–Kier alpha value is -3.25. The van der Waals surface area contributed by atoms with Crippen LogP contribution in [0.3, 0.4) is 0 Å². The minimum atomic E-state index is -0.538. The van der Waals surface area contributed by atoms with Gasteiger partial charge in [0.15, 0.2) is 0 Å². The third-order valence-electron chi connectivity index (χ3n) is 5.29. The van der Waals surface area contributed by atoms with Gasteiger partial charge in [-0.1, -0.05) is 42.5 Å². The third-order valence-corrected chi connectivity index (χ3v) is 5.29. The maximum absolute atomic E-state index is 13.8. The van der Waals surface area contributed by atoms with Crippen molar-refractivity contribution in [3.8, 4) is 0 Å². The van der Waals surface area contributed by atoms with Gasteiger partial charge in [0.25, 0.3) is 5.91 Å². The number of carbonyl (C=O) groups is 1. The van der Waals surface area contributed by atoms with Crippen LogP contribution in [0.2, 0.25) is 0 Å². The zero-order valence-corrected chi connectivity index (χ0v) is 16.8. The number of carbonyl (C=O) groups excluding carboxylic acids is 1. The lowest BCUT2D eigenvalue weighted by atomic mass is 10.2. The Morgan fingerprint density at radius 2 is 1.73 bits per heavy atom. The highest BCUT2D eigenvalue weighted by atomic mass is 19.1. The summed E-state index contributed by atoms with van der Waals surface area (Å²) in [6.45, 7) is 4.84. The number of aromatic nitrogens is 1. The fourth-order valence-corrected chi connectivity index (χ4v) is 3.69. The number of benzene rings is 2. The van der Waals surface area contributed by atoms with Gasteiger partial charge in [0.2, 0.25) is 0 Å². The van der Waals surface area contributed by atoms with Gasteiger partial charge in [-0.05, 0) is 36.2 Å². The lowest BCUT2D eigenvalue weighted by Crippen LogP contribution is -2.30. The Balaban J connectivity index is 1.35. The number of nitrogens with zero attached hydrogens (tertiary/aromatic N) is 3. The average Bonchev–Trinajstić information content (AvgIpc) is 3.01. The predicted molar refractivity (Wildman–Crippen MR) is 117 cm³/mol. The van der Waals surface area contributed by atoms with Crippen molar-refractivity contribution in [3.05, 3.63) is 89.9 Å². The van der Waals surface area contributed by atoms with Crippen molar-refractivity contribution in [3.63, 3.8) is 0 Å². The second-order valence-electron chi connectivity index (χ2n) is 7.44. The highest BCUT2D eigenvalue weighted by Crippen LogP contribution is 2.18. The number of amides is 1. The van der Waals surface area contributed by atoms with Crippen LogP contribution in [-0.2, 0) is 6.54 Å². The molecule has 30 heavy (non-hydrogen) atoms. The first-order valence-electron chi connectivity index (χ1n) is 10.2. The van der Waals surface area contributed by atoms with Crippen molar-refractivity contribution < 1.29 is 9.18 Å². The lowest BCUT2D eigenvalue weighted by molar-refractivity contribution is 0.102. The minimum absolute atomic E-state index is 0.0209. The van der Waals surface area contributed by atoms with Gasteiger partial charge < -0.3 is 10.2 Å². The fraction of sp³-hybridized carbons (Fsp3) is 0.250. The Morgan fingerprint density at radius 3 is 2.50 bits per heavy atom. The van der Waals surface area contributed by atoms with E-state index in [-0.39, 0.29) is 5.56 Å². The van der Waals surface area contributed by atoms with Gasteiger partial charge in [0, 0.05) is 32.7 Å². The zero-order valence-electron chi connectivity index (χ0n) is 16.8. The normalized spacial score (nSPS) is 14.9. The van der Waals surface area contributed by atoms with Gasteiger partial charge in [-0.15, -0.1) is 0 Å². The number of hydrogen-bond acceptors (Lipinski definition) is 4. The lowest BCUT2D eigenvalue weighted by Gasteiger charge is -2.23. The van der Waals surface area contributed by atoms with Gasteiger partial charge in [0.1, 0.15) is 11.6 Å². The van der Waals surface area contributed by atoms with Gasteiger partial charge in [-0.25, -0.2) is 9.37 Å². The predicted octanol–water partition coefficient (Wildman–Crippen LogP) is 4.19. The molecule has 1 N–H and O–H groups in total. The Bertz CT molecular complexity index is 978. The molecule has 0 unspecified atom stereocenters. The van der Waals surface area contributed by atoms with Crippen LogP contribution in [0.1, 0.15) is 22.3 Å². The summed E-state index contributed by atoms with van der Waals surface area (Å²) in [5.74, 6) is -0.126. The SMILES string of the molecule is O=C(Nc1ccc(N2CCCN(Cc3ccccc3)CC2)nc1)c1ccccc1F. The third kappa shape index (κ3) is 5.02. The standard InChI is InChI=1S/C24H25FN4O/c25-22-10-5-4-9-21(22)24(30)27-20-11-12-23(26-17-20)29-14-6-13-28(15-16-29)18-19-7-2-1-3-8-19/h1-5,7-12,17H,6,13-16,18H2,(H,27,30). The maximum atomic E-state index is 13.8. The summed E-state index contributed by atoms with van der Waals surface area (Å²) in [5.41, 5.74) is 1.90. The van der Waals surface area contributed by atoms with Crippen LogP contribution < -0.4 is 10.2 Å². The van der Waals surface area contributed by atoms with Crippen LogP contribution in [0.4, 0.5) is 15.9 Å². The van der Waals surface area contributed by atoms with Crippen LogP contribution in [0, 0.1) is 5.82 Å². The van der Waals surface area contributed by atoms with Gasteiger partial charge in [-0.3, -0.25) is 9.69 Å². The largest absolute Gasteiger partial charge is 0.355 e. The molecular formula is C24H25FN4O. The first kappa shape index (κ1) is 20.0. The van der Waals surface area contributed by atoms with E-state index in [4.69, 9.17) is 0 Å². The quantitative estimate of drug-likeness (QED) is 0.693. The molecule has 0 saturated carbocycles. The topological polar surface area (TPSA) is 48.5 Å². The smallest absolute Gasteiger partial charge is 0.258 e. The van der Waals surface area contributed by atoms with Gasteiger partial charge >= 0.3 is 0 Å². The maximum Gasteiger partial charge on any atom is 0.258 e. The first-order chi connectivity index (χ1) is 14.7. The molecule has 0 spiro atoms. The summed E-state index contributed by atoms with van der Waals surface area (Å²) in [6, 6.07) is 20.2. The molecule has 2 aromatic carbocycles. The molecule has 154 valence electrons. The number of halogens is 1. The second-order valence-corrected chi connectivity index (χ2v) is 7.44. The number of hydrogen-bond donors (Lipinski definition) is 1. The molecule has 0 bridgehead atoms. The summed E-state index contributed by atoms with van der Waals surface area (Å²) in [5, 5.41) is 2.71. The number of pyridine rings is 1. The van der Waals surface area contributed by atoms with Crippen molar-refractivity contribution >= 4 is 17.4 Å². The van der Waals surface area contributed by atoms with Crippen LogP contribution in [-0.4, -0.2) is 42.0 Å². The minimum Gasteiger partial charge on any atom is -0.355 e. The van der Waals surface area contributed by atoms with E-state index in [1.54, 1.807) is 18.3 Å². The molecule has 1 fully saturated rings. The van der Waals surface area contributed by atoms with E-state index in [1.165, 1.54) is 17.7 Å². The van der Waals surface area contributed by atoms with Crippen LogP contribution in [0.25, 0.3) is 0 Å². The van der Waals surface area contributed by atoms with Crippen molar-refractivity contribution in [2.24, 2.45) is 0 Å². The molecule has 4 rings (SSSR count). The first-order valence-corrected chi connectivity index (χ1v) is 10.2. The molecule has 3 aromatic rings. The number of anilines is 2. The summed E-state index contributed by atoms with van der Waals surface area (Å²) >= 11 is 0. The van der Waals surface area contributed by atoms with E-state index in [0.717, 1.165) is 45.0 Å². The van der Waals surface area contributed by atoms with Crippen molar-refractivity contribution in [1.82, 2.24) is 9.88 Å². The molecule has 2 heterocycles. The van der Waals surface area contributed by atoms with Crippen molar-refractivity contribution in [2.75, 3.05) is 36.4 Å². The van der Waals surface area contributed by atoms with E-state index in [1.807, 2.05) is 18.2 Å². The summed E-state index contributed by atoms with van der Waals surface area (Å²) in [7, 11) is 0. The van der Waals surface area contributed by atoms with E-state index >= 15 is 0 Å². The summed E-state index contributed by atoms with van der Waals surface area (Å²) in [4.78, 5) is 21.5. The molecular weight excluding hydrogens is 379 g/mol. The molecule has 1 aromatic heterocycles. The number of nitrogens with one attached hydrogen (secondary N) is 1. The Labute approximate surface area is 176 Å². The molecule has 1 aliphatic rings. The zero-order chi connectivity index (χ0) is 20.8. The second kappa shape index (κ2) is 9.50. The van der Waals surface area contributed by atoms with Crippen molar-refractivity contribution in [1.29, 1.82) is 0 Å². The molecule has 1 saturated heterocycles. The molecule has 0 radical (unpaired) electrons. The summed E-state index contributed by atoms with van der Waals surface area (Å²) < 4.78 is 13.8. The summed E-state index contributed by atoms with van der Waals surface area (Å²) in [6.07, 6.45) is 2.70. The number of rotatable bonds is 5. The molecule has 1 aliphatic heterocycles. The van der Waals surface area contributed by atoms with Gasteiger partial charge in [0.05, 0.1) is 17.4 Å². The van der Waals surface area contributed by atoms with E-state index in [2.05, 4.69) is 44.4 Å². The molecule has 6 heteroatoms. The Morgan fingerprint density at radius 1 is 0.933 bits per heavy atom.